The van der Waals surface area contributed by atoms with Gasteiger partial charge in [0, 0.05) is 34.4 Å². The Morgan fingerprint density at radius 3 is 2.32 bits per heavy atom. The molecule has 5 nitrogen and oxygen atoms in total. The van der Waals surface area contributed by atoms with Gasteiger partial charge in [0.15, 0.2) is 0 Å². The molecule has 0 aliphatic carbocycles. The van der Waals surface area contributed by atoms with E-state index in [1.807, 2.05) is 6.07 Å². The van der Waals surface area contributed by atoms with Crippen LogP contribution in [0.25, 0.3) is 10.9 Å². The molecule has 0 unspecified atom stereocenters. The molecule has 0 radical (unpaired) electrons. The number of hydrogen-bond donors (Lipinski definition) is 1. The molecule has 1 amide bonds. The first kappa shape index (κ1) is 23.5. The second kappa shape index (κ2) is 10.1. The Balaban J connectivity index is 1.46. The van der Waals surface area contributed by atoms with Crippen LogP contribution in [0, 0.1) is 19.7 Å². The minimum absolute atomic E-state index is 0.263. The van der Waals surface area contributed by atoms with Gasteiger partial charge in [0.25, 0.3) is 5.91 Å². The molecule has 1 aromatic heterocycles. The number of halogens is 1. The molecule has 0 saturated carbocycles. The normalized spacial score (nSPS) is 11.2. The van der Waals surface area contributed by atoms with Crippen molar-refractivity contribution in [3.8, 4) is 11.5 Å². The van der Waals surface area contributed by atoms with Crippen molar-refractivity contribution in [2.75, 3.05) is 26.0 Å². The summed E-state index contributed by atoms with van der Waals surface area (Å²) in [6.45, 7) is 6.35. The van der Waals surface area contributed by atoms with Crippen LogP contribution in [0.5, 0.6) is 11.5 Å². The summed E-state index contributed by atoms with van der Waals surface area (Å²) in [4.78, 5) is 14.7. The molecule has 3 aromatic carbocycles. The highest BCUT2D eigenvalue weighted by atomic mass is 19.1. The highest BCUT2D eigenvalue weighted by molar-refractivity contribution is 6.04. The number of amides is 1. The molecule has 0 saturated heterocycles. The van der Waals surface area contributed by atoms with Crippen LogP contribution < -0.4 is 10.1 Å². The van der Waals surface area contributed by atoms with Gasteiger partial charge in [0.2, 0.25) is 0 Å². The largest absolute Gasteiger partial charge is 0.457 e. The minimum Gasteiger partial charge on any atom is -0.457 e. The van der Waals surface area contributed by atoms with Gasteiger partial charge in [-0.3, -0.25) is 4.79 Å². The fourth-order valence-corrected chi connectivity index (χ4v) is 4.07. The number of nitrogens with zero attached hydrogens (tertiary/aromatic N) is 2. The van der Waals surface area contributed by atoms with E-state index in [4.69, 9.17) is 4.74 Å². The minimum atomic E-state index is -0.344. The third kappa shape index (κ3) is 5.29. The van der Waals surface area contributed by atoms with Crippen molar-refractivity contribution in [1.29, 1.82) is 0 Å². The smallest absolute Gasteiger partial charge is 0.255 e. The summed E-state index contributed by atoms with van der Waals surface area (Å²) in [6, 6.07) is 18.8. The lowest BCUT2D eigenvalue weighted by Crippen LogP contribution is -2.15. The zero-order chi connectivity index (χ0) is 24.2. The first-order chi connectivity index (χ1) is 16.3. The number of benzene rings is 3. The van der Waals surface area contributed by atoms with Crippen LogP contribution in [0.1, 0.15) is 28.0 Å². The molecular weight excluding hydrogens is 429 g/mol. The Hall–Kier alpha value is -3.64. The number of carbonyl (C=O) groups excluding carboxylic acids is 1. The van der Waals surface area contributed by atoms with Crippen molar-refractivity contribution in [2.24, 2.45) is 0 Å². The molecule has 0 fully saturated rings. The van der Waals surface area contributed by atoms with Crippen LogP contribution in [-0.2, 0) is 6.54 Å². The van der Waals surface area contributed by atoms with Crippen molar-refractivity contribution < 1.29 is 13.9 Å². The third-order valence-electron chi connectivity index (χ3n) is 6.05. The highest BCUT2D eigenvalue weighted by Crippen LogP contribution is 2.31. The number of carbonyl (C=O) groups is 1. The Morgan fingerprint density at radius 1 is 0.971 bits per heavy atom. The molecule has 1 heterocycles. The summed E-state index contributed by atoms with van der Waals surface area (Å²) in [5, 5.41) is 3.95. The van der Waals surface area contributed by atoms with Gasteiger partial charge in [-0.2, -0.15) is 0 Å². The zero-order valence-electron chi connectivity index (χ0n) is 20.1. The number of fused-ring (bicyclic) bond motifs is 1. The van der Waals surface area contributed by atoms with Crippen molar-refractivity contribution >= 4 is 22.5 Å². The average Bonchev–Trinajstić information content (AvgIpc) is 3.05. The van der Waals surface area contributed by atoms with Crippen LogP contribution in [0.4, 0.5) is 10.1 Å². The number of anilines is 1. The number of nitrogens with one attached hydrogen (secondary N) is 1. The first-order valence-electron chi connectivity index (χ1n) is 11.4. The van der Waals surface area contributed by atoms with Gasteiger partial charge in [-0.15, -0.1) is 0 Å². The van der Waals surface area contributed by atoms with Crippen LogP contribution in [0.3, 0.4) is 0 Å². The molecule has 4 aromatic rings. The summed E-state index contributed by atoms with van der Waals surface area (Å²) in [7, 11) is 4.19. The molecule has 1 N–H and O–H groups in total. The number of aromatic nitrogens is 1. The van der Waals surface area contributed by atoms with Gasteiger partial charge < -0.3 is 19.5 Å². The monoisotopic (exact) mass is 459 g/mol. The summed E-state index contributed by atoms with van der Waals surface area (Å²) >= 11 is 0. The molecule has 4 rings (SSSR count). The fraction of sp³-hybridized carbons (Fsp3) is 0.250. The molecule has 176 valence electrons. The molecule has 6 heteroatoms. The van der Waals surface area contributed by atoms with Crippen LogP contribution in [-0.4, -0.2) is 36.0 Å². The van der Waals surface area contributed by atoms with E-state index in [9.17, 15) is 9.18 Å². The van der Waals surface area contributed by atoms with Gasteiger partial charge >= 0.3 is 0 Å². The van der Waals surface area contributed by atoms with Crippen molar-refractivity contribution in [3.63, 3.8) is 0 Å². The van der Waals surface area contributed by atoms with Gasteiger partial charge in [-0.1, -0.05) is 0 Å². The van der Waals surface area contributed by atoms with Crippen LogP contribution in [0.2, 0.25) is 0 Å². The summed E-state index contributed by atoms with van der Waals surface area (Å²) in [6.07, 6.45) is 1.09. The SMILES string of the molecule is Cc1c(C)n(CCCN(C)C)c2ccc(Oc3ccc(C(=O)Nc4ccc(F)cc4)cc3)cc12. The second-order valence-electron chi connectivity index (χ2n) is 8.79. The topological polar surface area (TPSA) is 46.5 Å². The van der Waals surface area contributed by atoms with E-state index in [0.717, 1.165) is 25.3 Å². The number of ether oxygens (including phenoxy) is 1. The maximum atomic E-state index is 13.0. The third-order valence-corrected chi connectivity index (χ3v) is 6.05. The lowest BCUT2D eigenvalue weighted by molar-refractivity contribution is 0.102. The number of aryl methyl sites for hydroxylation is 2. The maximum absolute atomic E-state index is 13.0. The zero-order valence-corrected chi connectivity index (χ0v) is 20.1. The lowest BCUT2D eigenvalue weighted by Gasteiger charge is -2.12. The van der Waals surface area contributed by atoms with E-state index < -0.39 is 0 Å². The number of rotatable bonds is 8. The molecule has 0 bridgehead atoms. The lowest BCUT2D eigenvalue weighted by atomic mass is 10.1. The second-order valence-corrected chi connectivity index (χ2v) is 8.79. The highest BCUT2D eigenvalue weighted by Gasteiger charge is 2.13. The summed E-state index contributed by atoms with van der Waals surface area (Å²) in [5.41, 5.74) is 4.79. The molecule has 0 aliphatic heterocycles. The Kier molecular flexibility index (Phi) is 6.98. The predicted octanol–water partition coefficient (Wildman–Crippen LogP) is 6.39. The summed E-state index contributed by atoms with van der Waals surface area (Å²) < 4.78 is 21.5. The molecule has 0 atom stereocenters. The Bertz CT molecular complexity index is 1290. The van der Waals surface area contributed by atoms with E-state index in [0.29, 0.717) is 17.0 Å². The quantitative estimate of drug-likeness (QED) is 0.332. The molecule has 34 heavy (non-hydrogen) atoms. The van der Waals surface area contributed by atoms with Crippen molar-refractivity contribution in [2.45, 2.75) is 26.8 Å². The van der Waals surface area contributed by atoms with E-state index in [-0.39, 0.29) is 11.7 Å². The van der Waals surface area contributed by atoms with Gasteiger partial charge in [-0.05, 0) is 113 Å². The Morgan fingerprint density at radius 2 is 1.65 bits per heavy atom. The molecule has 0 spiro atoms. The van der Waals surface area contributed by atoms with Crippen molar-refractivity contribution in [3.05, 3.63) is 89.4 Å². The van der Waals surface area contributed by atoms with E-state index in [1.165, 1.54) is 46.4 Å². The van der Waals surface area contributed by atoms with Crippen LogP contribution in [0.15, 0.2) is 66.7 Å². The average molecular weight is 460 g/mol. The maximum Gasteiger partial charge on any atom is 0.255 e. The fourth-order valence-electron chi connectivity index (χ4n) is 4.07. The van der Waals surface area contributed by atoms with E-state index in [2.05, 4.69) is 54.9 Å². The van der Waals surface area contributed by atoms with E-state index >= 15 is 0 Å². The first-order valence-corrected chi connectivity index (χ1v) is 11.4. The van der Waals surface area contributed by atoms with Gasteiger partial charge in [0.1, 0.15) is 17.3 Å². The number of hydrogen-bond acceptors (Lipinski definition) is 3. The van der Waals surface area contributed by atoms with Crippen molar-refractivity contribution in [1.82, 2.24) is 9.47 Å². The summed E-state index contributed by atoms with van der Waals surface area (Å²) in [5.74, 6) is 0.798. The van der Waals surface area contributed by atoms with E-state index in [1.54, 1.807) is 24.3 Å². The van der Waals surface area contributed by atoms with Gasteiger partial charge in [0.05, 0.1) is 0 Å². The van der Waals surface area contributed by atoms with Crippen LogP contribution >= 0.6 is 0 Å². The van der Waals surface area contributed by atoms with Gasteiger partial charge in [-0.25, -0.2) is 4.39 Å². The predicted molar refractivity (Wildman–Crippen MR) is 135 cm³/mol. The standard InChI is InChI=1S/C28H30FN3O2/c1-19-20(2)32(17-5-16-31(3)4)27-15-14-25(18-26(19)27)34-24-12-6-21(7-13-24)28(33)30-23-10-8-22(29)9-11-23/h6-15,18H,5,16-17H2,1-4H3,(H,30,33). The Labute approximate surface area is 199 Å². The molecular formula is C28H30FN3O2. The molecule has 0 aliphatic rings.